The smallest absolute Gasteiger partial charge is 0.282 e. The van der Waals surface area contributed by atoms with E-state index in [4.69, 9.17) is 26.1 Å². The van der Waals surface area contributed by atoms with Gasteiger partial charge < -0.3 is 9.47 Å². The summed E-state index contributed by atoms with van der Waals surface area (Å²) >= 11 is 20.8. The van der Waals surface area contributed by atoms with E-state index in [2.05, 4.69) is 75.7 Å². The number of fused-ring (bicyclic) bond motifs is 1. The van der Waals surface area contributed by atoms with E-state index in [1.165, 1.54) is 4.68 Å². The lowest BCUT2D eigenvalue weighted by Gasteiger charge is -2.17. The van der Waals surface area contributed by atoms with Crippen molar-refractivity contribution < 1.29 is 9.47 Å². The first-order valence-corrected chi connectivity index (χ1v) is 15.8. The second-order valence-corrected chi connectivity index (χ2v) is 12.4. The average molecular weight is 806 g/mol. The van der Waals surface area contributed by atoms with Gasteiger partial charge in [0.05, 0.1) is 23.7 Å². The topological polar surface area (TPSA) is 65.7 Å². The lowest BCUT2D eigenvalue weighted by Crippen LogP contribution is -2.22. The van der Waals surface area contributed by atoms with Crippen molar-refractivity contribution in [2.45, 2.75) is 39.7 Å². The molecule has 0 saturated heterocycles. The standard InChI is InChI=1S/C28H24Br4ClN3O3/c1-3-5-6-24-35-22-10-9-18(29)12-20(22)28(37)36(24)34-14-17-11-23(38-4-2)27(26(33)25(17)32)39-15-16-7-8-19(30)13-21(16)31/h7-14H,3-6,15H2,1-2H3. The number of unbranched alkanes of at least 4 members (excludes halogenated alkanes) is 1. The minimum atomic E-state index is -0.240. The van der Waals surface area contributed by atoms with Crippen LogP contribution in [-0.4, -0.2) is 22.5 Å². The molecule has 1 aromatic heterocycles. The van der Waals surface area contributed by atoms with E-state index < -0.39 is 0 Å². The summed E-state index contributed by atoms with van der Waals surface area (Å²) < 4.78 is 16.6. The largest absolute Gasteiger partial charge is 0.490 e. The van der Waals surface area contributed by atoms with Crippen LogP contribution in [0.5, 0.6) is 11.5 Å². The van der Waals surface area contributed by atoms with Crippen LogP contribution in [0.4, 0.5) is 0 Å². The first-order chi connectivity index (χ1) is 18.7. The van der Waals surface area contributed by atoms with Crippen LogP contribution in [0.15, 0.2) is 70.3 Å². The fourth-order valence-electron chi connectivity index (χ4n) is 3.81. The molecule has 0 unspecified atom stereocenters. The highest BCUT2D eigenvalue weighted by Crippen LogP contribution is 2.43. The Morgan fingerprint density at radius 1 is 1.03 bits per heavy atom. The van der Waals surface area contributed by atoms with Crippen molar-refractivity contribution in [3.05, 3.63) is 92.7 Å². The Morgan fingerprint density at radius 3 is 2.49 bits per heavy atom. The molecule has 11 heteroatoms. The van der Waals surface area contributed by atoms with E-state index in [1.807, 2.05) is 37.3 Å². The molecule has 0 atom stereocenters. The fraction of sp³-hybridized carbons (Fsp3) is 0.250. The number of halogens is 5. The summed E-state index contributed by atoms with van der Waals surface area (Å²) in [5, 5.41) is 5.39. The maximum absolute atomic E-state index is 13.4. The van der Waals surface area contributed by atoms with Crippen molar-refractivity contribution >= 4 is 92.4 Å². The van der Waals surface area contributed by atoms with Crippen molar-refractivity contribution in [1.82, 2.24) is 9.66 Å². The highest BCUT2D eigenvalue weighted by atomic mass is 79.9. The molecule has 0 radical (unpaired) electrons. The van der Waals surface area contributed by atoms with Gasteiger partial charge in [-0.05, 0) is 65.7 Å². The van der Waals surface area contributed by atoms with E-state index >= 15 is 0 Å². The van der Waals surface area contributed by atoms with Gasteiger partial charge in [-0.25, -0.2) is 4.98 Å². The Kier molecular flexibility index (Phi) is 10.7. The normalized spacial score (nSPS) is 11.5. The highest BCUT2D eigenvalue weighted by molar-refractivity contribution is 9.11. The van der Waals surface area contributed by atoms with Gasteiger partial charge in [0.15, 0.2) is 11.5 Å². The van der Waals surface area contributed by atoms with Crippen LogP contribution in [0.2, 0.25) is 5.02 Å². The van der Waals surface area contributed by atoms with Gasteiger partial charge in [-0.3, -0.25) is 4.79 Å². The van der Waals surface area contributed by atoms with Gasteiger partial charge in [0.2, 0.25) is 0 Å². The highest BCUT2D eigenvalue weighted by Gasteiger charge is 2.19. The summed E-state index contributed by atoms with van der Waals surface area (Å²) in [6.45, 7) is 4.67. The second-order valence-electron chi connectivity index (χ2n) is 8.53. The zero-order valence-corrected chi connectivity index (χ0v) is 28.2. The van der Waals surface area contributed by atoms with Crippen LogP contribution in [0.3, 0.4) is 0 Å². The quantitative estimate of drug-likeness (QED) is 0.150. The molecule has 0 bridgehead atoms. The lowest BCUT2D eigenvalue weighted by atomic mass is 10.2. The van der Waals surface area contributed by atoms with E-state index in [0.717, 1.165) is 31.8 Å². The molecule has 0 aliphatic carbocycles. The van der Waals surface area contributed by atoms with E-state index in [-0.39, 0.29) is 12.2 Å². The summed E-state index contributed by atoms with van der Waals surface area (Å²) in [6.07, 6.45) is 4.05. The third-order valence-electron chi connectivity index (χ3n) is 5.78. The molecule has 0 spiro atoms. The van der Waals surface area contributed by atoms with Gasteiger partial charge in [-0.1, -0.05) is 78.8 Å². The van der Waals surface area contributed by atoms with Crippen LogP contribution >= 0.6 is 75.3 Å². The number of nitrogens with zero attached hydrogens (tertiary/aromatic N) is 3. The Labute approximate surface area is 265 Å². The number of benzene rings is 3. The summed E-state index contributed by atoms with van der Waals surface area (Å²) in [4.78, 5) is 18.2. The van der Waals surface area contributed by atoms with Crippen LogP contribution < -0.4 is 15.0 Å². The fourth-order valence-corrected chi connectivity index (χ4v) is 5.99. The number of aromatic nitrogens is 2. The first kappa shape index (κ1) is 30.2. The number of hydrogen-bond donors (Lipinski definition) is 0. The molecule has 204 valence electrons. The number of rotatable bonds is 10. The summed E-state index contributed by atoms with van der Waals surface area (Å²) in [5.74, 6) is 1.48. The van der Waals surface area contributed by atoms with E-state index in [9.17, 15) is 4.79 Å². The minimum Gasteiger partial charge on any atom is -0.490 e. The molecule has 0 saturated carbocycles. The molecule has 4 aromatic rings. The lowest BCUT2D eigenvalue weighted by molar-refractivity contribution is 0.269. The van der Waals surface area contributed by atoms with Crippen molar-refractivity contribution in [3.8, 4) is 11.5 Å². The van der Waals surface area contributed by atoms with Gasteiger partial charge >= 0.3 is 0 Å². The molecule has 6 nitrogen and oxygen atoms in total. The van der Waals surface area contributed by atoms with Crippen LogP contribution in [0, 0.1) is 0 Å². The maximum Gasteiger partial charge on any atom is 0.282 e. The molecule has 0 amide bonds. The minimum absolute atomic E-state index is 0.240. The van der Waals surface area contributed by atoms with Crippen LogP contribution in [0.1, 0.15) is 43.6 Å². The molecular weight excluding hydrogens is 781 g/mol. The van der Waals surface area contributed by atoms with Crippen LogP contribution in [-0.2, 0) is 13.0 Å². The summed E-state index contributed by atoms with van der Waals surface area (Å²) in [7, 11) is 0. The van der Waals surface area contributed by atoms with Crippen molar-refractivity contribution in [2.24, 2.45) is 5.10 Å². The van der Waals surface area contributed by atoms with Gasteiger partial charge in [-0.2, -0.15) is 9.78 Å². The molecule has 1 heterocycles. The molecule has 0 aliphatic heterocycles. The van der Waals surface area contributed by atoms with Crippen molar-refractivity contribution in [2.75, 3.05) is 6.61 Å². The van der Waals surface area contributed by atoms with E-state index in [1.54, 1.807) is 18.3 Å². The molecule has 0 fully saturated rings. The third kappa shape index (κ3) is 7.14. The third-order valence-corrected chi connectivity index (χ3v) is 8.95. The SMILES string of the molecule is CCCCc1nc2ccc(Br)cc2c(=O)n1N=Cc1cc(OCC)c(OCc2ccc(Br)cc2Br)c(Cl)c1Br. The molecule has 3 aromatic carbocycles. The average Bonchev–Trinajstić information content (AvgIpc) is 2.91. The van der Waals surface area contributed by atoms with Gasteiger partial charge in [-0.15, -0.1) is 0 Å². The van der Waals surface area contributed by atoms with Crippen LogP contribution in [0.25, 0.3) is 10.9 Å². The molecule has 4 rings (SSSR count). The molecular formula is C28H24Br4ClN3O3. The monoisotopic (exact) mass is 801 g/mol. The van der Waals surface area contributed by atoms with Crippen molar-refractivity contribution in [1.29, 1.82) is 0 Å². The zero-order valence-electron chi connectivity index (χ0n) is 21.1. The Morgan fingerprint density at radius 2 is 1.77 bits per heavy atom. The predicted octanol–water partition coefficient (Wildman–Crippen LogP) is 9.30. The predicted molar refractivity (Wildman–Crippen MR) is 172 cm³/mol. The Hall–Kier alpha value is -1.72. The van der Waals surface area contributed by atoms with Crippen molar-refractivity contribution in [3.63, 3.8) is 0 Å². The summed E-state index contributed by atoms with van der Waals surface area (Å²) in [6, 6.07) is 13.1. The number of aryl methyl sites for hydroxylation is 1. The number of ether oxygens (including phenoxy) is 2. The van der Waals surface area contributed by atoms with E-state index in [0.29, 0.717) is 56.3 Å². The van der Waals surface area contributed by atoms with Gasteiger partial charge in [0.25, 0.3) is 5.56 Å². The first-order valence-electron chi connectivity index (χ1n) is 12.2. The molecule has 39 heavy (non-hydrogen) atoms. The zero-order chi connectivity index (χ0) is 28.1. The summed E-state index contributed by atoms with van der Waals surface area (Å²) in [5.41, 5.74) is 1.98. The molecule has 0 aliphatic rings. The maximum atomic E-state index is 13.4. The van der Waals surface area contributed by atoms with Gasteiger partial charge in [0, 0.05) is 35.4 Å². The second kappa shape index (κ2) is 13.8. The van der Waals surface area contributed by atoms with Gasteiger partial charge in [0.1, 0.15) is 17.5 Å². The number of hydrogen-bond acceptors (Lipinski definition) is 5. The Bertz CT molecular complexity index is 1610. The Balaban J connectivity index is 1.74. The molecule has 0 N–H and O–H groups in total.